The Morgan fingerprint density at radius 2 is 2.07 bits per heavy atom. The van der Waals surface area contributed by atoms with E-state index >= 15 is 0 Å². The molecule has 1 aromatic carbocycles. The molecule has 0 radical (unpaired) electrons. The molecule has 1 unspecified atom stereocenters. The number of rotatable bonds is 4. The molecule has 1 fully saturated rings. The number of aromatic nitrogens is 2. The monoisotopic (exact) mass is 399 g/mol. The van der Waals surface area contributed by atoms with Crippen LogP contribution >= 0.6 is 22.7 Å². The van der Waals surface area contributed by atoms with Crippen LogP contribution in [0.25, 0.3) is 5.76 Å². The molecule has 3 aromatic rings. The summed E-state index contributed by atoms with van der Waals surface area (Å²) >= 11 is 2.54. The SMILES string of the molecule is COc1cccc(/C(O)=C2\C(=O)C(=O)N(c3nncs3)C2c2cccs2)c1. The Kier molecular flexibility index (Phi) is 4.46. The molecule has 0 aliphatic carbocycles. The Balaban J connectivity index is 1.92. The first kappa shape index (κ1) is 17.4. The lowest BCUT2D eigenvalue weighted by atomic mass is 10.00. The zero-order valence-corrected chi connectivity index (χ0v) is 15.7. The molecule has 136 valence electrons. The highest BCUT2D eigenvalue weighted by molar-refractivity contribution is 7.13. The zero-order valence-electron chi connectivity index (χ0n) is 14.0. The van der Waals surface area contributed by atoms with Gasteiger partial charge in [0, 0.05) is 10.4 Å². The molecule has 2 aromatic heterocycles. The number of ether oxygens (including phenoxy) is 1. The molecule has 1 N–H and O–H groups in total. The van der Waals surface area contributed by atoms with Crippen LogP contribution < -0.4 is 9.64 Å². The van der Waals surface area contributed by atoms with Crippen LogP contribution in [0.1, 0.15) is 16.5 Å². The number of aliphatic hydroxyl groups excluding tert-OH is 1. The van der Waals surface area contributed by atoms with Gasteiger partial charge in [-0.25, -0.2) is 0 Å². The molecule has 0 spiro atoms. The molecule has 1 saturated heterocycles. The molecule has 1 atom stereocenters. The first-order valence-electron chi connectivity index (χ1n) is 7.87. The number of anilines is 1. The molecule has 4 rings (SSSR count). The molecular weight excluding hydrogens is 386 g/mol. The predicted molar refractivity (Wildman–Crippen MR) is 102 cm³/mol. The number of ketones is 1. The average molecular weight is 399 g/mol. The van der Waals surface area contributed by atoms with Gasteiger partial charge in [0.2, 0.25) is 5.13 Å². The molecule has 1 aliphatic heterocycles. The van der Waals surface area contributed by atoms with Gasteiger partial charge in [0.1, 0.15) is 23.1 Å². The Morgan fingerprint density at radius 1 is 1.22 bits per heavy atom. The van der Waals surface area contributed by atoms with Crippen molar-refractivity contribution in [1.29, 1.82) is 0 Å². The van der Waals surface area contributed by atoms with Crippen molar-refractivity contribution in [2.75, 3.05) is 12.0 Å². The highest BCUT2D eigenvalue weighted by Crippen LogP contribution is 2.43. The van der Waals surface area contributed by atoms with Gasteiger partial charge in [-0.3, -0.25) is 14.5 Å². The Hall–Kier alpha value is -3.04. The van der Waals surface area contributed by atoms with E-state index in [1.807, 2.05) is 17.5 Å². The lowest BCUT2D eigenvalue weighted by Gasteiger charge is -2.20. The quantitative estimate of drug-likeness (QED) is 0.411. The van der Waals surface area contributed by atoms with Crippen molar-refractivity contribution in [2.45, 2.75) is 6.04 Å². The Morgan fingerprint density at radius 3 is 2.74 bits per heavy atom. The van der Waals surface area contributed by atoms with Crippen LogP contribution in [0.4, 0.5) is 5.13 Å². The lowest BCUT2D eigenvalue weighted by molar-refractivity contribution is -0.132. The van der Waals surface area contributed by atoms with Gasteiger partial charge in [-0.1, -0.05) is 29.5 Å². The van der Waals surface area contributed by atoms with Crippen molar-refractivity contribution >= 4 is 45.3 Å². The molecule has 3 heterocycles. The number of hydrogen-bond acceptors (Lipinski definition) is 8. The molecule has 1 aliphatic rings. The fraction of sp³-hybridized carbons (Fsp3) is 0.111. The van der Waals surface area contributed by atoms with E-state index in [2.05, 4.69) is 10.2 Å². The number of thiophene rings is 1. The highest BCUT2D eigenvalue weighted by atomic mass is 32.1. The van der Waals surface area contributed by atoms with E-state index in [9.17, 15) is 14.7 Å². The maximum absolute atomic E-state index is 12.8. The lowest BCUT2D eigenvalue weighted by Crippen LogP contribution is -2.29. The molecule has 7 nitrogen and oxygen atoms in total. The van der Waals surface area contributed by atoms with Crippen molar-refractivity contribution in [1.82, 2.24) is 10.2 Å². The zero-order chi connectivity index (χ0) is 19.0. The standard InChI is InChI=1S/C18H13N3O4S2/c1-25-11-5-2-4-10(8-11)15(22)13-14(12-6-3-7-26-12)21(17(24)16(13)23)18-20-19-9-27-18/h2-9,14,22H,1H3/b15-13+. The van der Waals surface area contributed by atoms with Gasteiger partial charge >= 0.3 is 5.91 Å². The number of aliphatic hydroxyl groups is 1. The van der Waals surface area contributed by atoms with Crippen LogP contribution in [0, 0.1) is 0 Å². The topological polar surface area (TPSA) is 92.6 Å². The maximum Gasteiger partial charge on any atom is 0.301 e. The normalized spacial score (nSPS) is 18.9. The summed E-state index contributed by atoms with van der Waals surface area (Å²) in [6.07, 6.45) is 0. The number of nitrogens with zero attached hydrogens (tertiary/aromatic N) is 3. The van der Waals surface area contributed by atoms with Gasteiger partial charge < -0.3 is 9.84 Å². The van der Waals surface area contributed by atoms with Gasteiger partial charge in [0.25, 0.3) is 5.78 Å². The molecule has 27 heavy (non-hydrogen) atoms. The smallest absolute Gasteiger partial charge is 0.301 e. The minimum Gasteiger partial charge on any atom is -0.507 e. The maximum atomic E-state index is 12.8. The third-order valence-electron chi connectivity index (χ3n) is 4.15. The summed E-state index contributed by atoms with van der Waals surface area (Å²) in [5, 5.41) is 20.8. The molecule has 0 saturated carbocycles. The van der Waals surface area contributed by atoms with Gasteiger partial charge in [-0.2, -0.15) is 0 Å². The summed E-state index contributed by atoms with van der Waals surface area (Å²) in [6.45, 7) is 0. The first-order valence-corrected chi connectivity index (χ1v) is 9.62. The molecular formula is C18H13N3O4S2. The predicted octanol–water partition coefficient (Wildman–Crippen LogP) is 3.23. The van der Waals surface area contributed by atoms with E-state index in [4.69, 9.17) is 4.74 Å². The van der Waals surface area contributed by atoms with Crippen molar-refractivity contribution < 1.29 is 19.4 Å². The van der Waals surface area contributed by atoms with Crippen molar-refractivity contribution in [3.05, 3.63) is 63.3 Å². The van der Waals surface area contributed by atoms with Crippen molar-refractivity contribution in [3.8, 4) is 5.75 Å². The second-order valence-electron chi connectivity index (χ2n) is 5.64. The number of carbonyl (C=O) groups is 2. The summed E-state index contributed by atoms with van der Waals surface area (Å²) < 4.78 is 5.18. The van der Waals surface area contributed by atoms with Crippen LogP contribution in [-0.2, 0) is 9.59 Å². The fourth-order valence-electron chi connectivity index (χ4n) is 2.94. The van der Waals surface area contributed by atoms with E-state index in [0.717, 1.165) is 16.2 Å². The van der Waals surface area contributed by atoms with Crippen molar-refractivity contribution in [3.63, 3.8) is 0 Å². The molecule has 9 heteroatoms. The van der Waals surface area contributed by atoms with Crippen LogP contribution in [0.2, 0.25) is 0 Å². The van der Waals surface area contributed by atoms with E-state index < -0.39 is 17.7 Å². The summed E-state index contributed by atoms with van der Waals surface area (Å²) in [4.78, 5) is 27.6. The third-order valence-corrected chi connectivity index (χ3v) is 5.77. The Labute approximate surface area is 162 Å². The first-order chi connectivity index (χ1) is 13.1. The van der Waals surface area contributed by atoms with Gasteiger partial charge in [0.15, 0.2) is 0 Å². The van der Waals surface area contributed by atoms with Crippen LogP contribution in [-0.4, -0.2) is 34.1 Å². The third kappa shape index (κ3) is 2.90. The van der Waals surface area contributed by atoms with Crippen molar-refractivity contribution in [2.24, 2.45) is 0 Å². The van der Waals surface area contributed by atoms with Crippen LogP contribution in [0.5, 0.6) is 5.75 Å². The molecule has 1 amide bonds. The number of carbonyl (C=O) groups excluding carboxylic acids is 2. The number of benzene rings is 1. The summed E-state index contributed by atoms with van der Waals surface area (Å²) in [5.74, 6) is -1.22. The van der Waals surface area contributed by atoms with Gasteiger partial charge in [0.05, 0.1) is 12.7 Å². The molecule has 0 bridgehead atoms. The average Bonchev–Trinajstić information content (AvgIpc) is 3.43. The number of hydrogen-bond donors (Lipinski definition) is 1. The summed E-state index contributed by atoms with van der Waals surface area (Å²) in [6, 6.07) is 9.58. The van der Waals surface area contributed by atoms with Gasteiger partial charge in [-0.15, -0.1) is 21.5 Å². The van der Waals surface area contributed by atoms with Crippen LogP contribution in [0.15, 0.2) is 52.9 Å². The second kappa shape index (κ2) is 6.93. The van der Waals surface area contributed by atoms with E-state index in [0.29, 0.717) is 16.4 Å². The van der Waals surface area contributed by atoms with Gasteiger partial charge in [-0.05, 0) is 23.6 Å². The minimum absolute atomic E-state index is 0.0194. The van der Waals surface area contributed by atoms with E-state index in [1.54, 1.807) is 24.3 Å². The summed E-state index contributed by atoms with van der Waals surface area (Å²) in [7, 11) is 1.51. The largest absolute Gasteiger partial charge is 0.507 e. The highest BCUT2D eigenvalue weighted by Gasteiger charge is 2.48. The van der Waals surface area contributed by atoms with Crippen LogP contribution in [0.3, 0.4) is 0 Å². The minimum atomic E-state index is -0.760. The van der Waals surface area contributed by atoms with E-state index in [1.165, 1.54) is 28.9 Å². The second-order valence-corrected chi connectivity index (χ2v) is 7.43. The Bertz CT molecular complexity index is 1030. The number of amides is 1. The number of methoxy groups -OCH3 is 1. The number of Topliss-reactive ketones (excluding diaryl/α,β-unsaturated/α-hetero) is 1. The van der Waals surface area contributed by atoms with E-state index in [-0.39, 0.29) is 11.3 Å². The summed E-state index contributed by atoms with van der Waals surface area (Å²) in [5.41, 5.74) is 1.90. The fourth-order valence-corrected chi connectivity index (χ4v) is 4.35.